The third-order valence-electron chi connectivity index (χ3n) is 5.27. The Bertz CT molecular complexity index is 619. The van der Waals surface area contributed by atoms with Gasteiger partial charge in [-0.2, -0.15) is 4.98 Å². The number of anilines is 2. The molecule has 1 aromatic rings. The van der Waals surface area contributed by atoms with Crippen molar-refractivity contribution in [3.63, 3.8) is 0 Å². The van der Waals surface area contributed by atoms with Gasteiger partial charge < -0.3 is 26.2 Å². The highest BCUT2D eigenvalue weighted by Crippen LogP contribution is 2.26. The quantitative estimate of drug-likeness (QED) is 0.581. The molecule has 2 atom stereocenters. The van der Waals surface area contributed by atoms with Gasteiger partial charge in [0.1, 0.15) is 5.82 Å². The first kappa shape index (κ1) is 18.8. The van der Waals surface area contributed by atoms with Crippen molar-refractivity contribution in [2.24, 2.45) is 5.73 Å². The summed E-state index contributed by atoms with van der Waals surface area (Å²) < 4.78 is 5.68. The molecular weight excluding hydrogens is 334 g/mol. The van der Waals surface area contributed by atoms with Crippen LogP contribution in [0.5, 0.6) is 0 Å². The number of carbonyl (C=O) groups excluding carboxylic acids is 1. The maximum absolute atomic E-state index is 11.7. The van der Waals surface area contributed by atoms with E-state index < -0.39 is 12.0 Å². The van der Waals surface area contributed by atoms with Crippen LogP contribution >= 0.6 is 0 Å². The number of nitrogens with two attached hydrogens (primary N) is 1. The fourth-order valence-corrected chi connectivity index (χ4v) is 3.82. The number of aliphatic hydroxyl groups is 1. The minimum Gasteiger partial charge on any atom is -0.391 e. The van der Waals surface area contributed by atoms with Gasteiger partial charge in [-0.25, -0.2) is 4.98 Å². The Morgan fingerprint density at radius 3 is 2.65 bits per heavy atom. The standard InChI is InChI=1S/C18H29N5O3/c1-2-26-12-8-6-11(7-9-12)21-18-20-10-13(16(19)25)17(23-18)22-14-4-3-5-15(14)24/h10-12,14-15,24H,2-9H2,1H3,(H2,19,25)(H2,20,21,22,23)/t11?,12?,14-,15+/m1/s1. The monoisotopic (exact) mass is 363 g/mol. The van der Waals surface area contributed by atoms with Gasteiger partial charge >= 0.3 is 0 Å². The second kappa shape index (κ2) is 8.64. The summed E-state index contributed by atoms with van der Waals surface area (Å²) >= 11 is 0. The number of ether oxygens (including phenoxy) is 1. The van der Waals surface area contributed by atoms with Crippen LogP contribution in [0.4, 0.5) is 11.8 Å². The molecule has 5 N–H and O–H groups in total. The first-order valence-corrected chi connectivity index (χ1v) is 9.56. The van der Waals surface area contributed by atoms with Gasteiger partial charge in [-0.3, -0.25) is 4.79 Å². The third kappa shape index (κ3) is 4.62. The minimum absolute atomic E-state index is 0.113. The van der Waals surface area contributed by atoms with Gasteiger partial charge in [-0.15, -0.1) is 0 Å². The molecule has 0 bridgehead atoms. The normalized spacial score (nSPS) is 28.7. The highest BCUT2D eigenvalue weighted by molar-refractivity contribution is 5.97. The summed E-state index contributed by atoms with van der Waals surface area (Å²) in [6, 6.07) is 0.175. The predicted octanol–water partition coefficient (Wildman–Crippen LogP) is 1.66. The van der Waals surface area contributed by atoms with Crippen LogP contribution in [0.15, 0.2) is 6.20 Å². The van der Waals surface area contributed by atoms with Crippen molar-refractivity contribution in [1.82, 2.24) is 9.97 Å². The average Bonchev–Trinajstić information content (AvgIpc) is 3.02. The van der Waals surface area contributed by atoms with Crippen LogP contribution in [-0.4, -0.2) is 51.9 Å². The van der Waals surface area contributed by atoms with E-state index in [0.717, 1.165) is 51.6 Å². The molecule has 0 spiro atoms. The lowest BCUT2D eigenvalue weighted by molar-refractivity contribution is 0.0346. The lowest BCUT2D eigenvalue weighted by Crippen LogP contribution is -2.32. The van der Waals surface area contributed by atoms with Gasteiger partial charge in [-0.05, 0) is 51.9 Å². The lowest BCUT2D eigenvalue weighted by Gasteiger charge is -2.29. The van der Waals surface area contributed by atoms with Crippen LogP contribution in [-0.2, 0) is 4.74 Å². The smallest absolute Gasteiger partial charge is 0.254 e. The average molecular weight is 363 g/mol. The van der Waals surface area contributed by atoms with Gasteiger partial charge in [0, 0.05) is 18.8 Å². The molecule has 8 nitrogen and oxygen atoms in total. The third-order valence-corrected chi connectivity index (χ3v) is 5.27. The maximum Gasteiger partial charge on any atom is 0.254 e. The van der Waals surface area contributed by atoms with Crippen LogP contribution in [0.25, 0.3) is 0 Å². The molecule has 2 aliphatic rings. The molecule has 1 amide bonds. The van der Waals surface area contributed by atoms with E-state index >= 15 is 0 Å². The molecule has 0 aromatic carbocycles. The summed E-state index contributed by atoms with van der Waals surface area (Å²) in [5.74, 6) is 0.289. The number of carbonyl (C=O) groups is 1. The number of hydrogen-bond donors (Lipinski definition) is 4. The Kier molecular flexibility index (Phi) is 6.26. The van der Waals surface area contributed by atoms with Gasteiger partial charge in [0.15, 0.2) is 0 Å². The Hall–Kier alpha value is -1.93. The maximum atomic E-state index is 11.7. The summed E-state index contributed by atoms with van der Waals surface area (Å²) in [7, 11) is 0. The van der Waals surface area contributed by atoms with Crippen molar-refractivity contribution in [3.8, 4) is 0 Å². The van der Waals surface area contributed by atoms with Crippen LogP contribution in [0.1, 0.15) is 62.2 Å². The van der Waals surface area contributed by atoms with E-state index in [2.05, 4.69) is 20.6 Å². The Labute approximate surface area is 153 Å². The number of amides is 1. The Morgan fingerprint density at radius 1 is 1.27 bits per heavy atom. The topological polar surface area (TPSA) is 122 Å². The first-order valence-electron chi connectivity index (χ1n) is 9.56. The second-order valence-corrected chi connectivity index (χ2v) is 7.14. The van der Waals surface area contributed by atoms with Gasteiger partial charge in [0.25, 0.3) is 5.91 Å². The molecule has 8 heteroatoms. The first-order chi connectivity index (χ1) is 12.6. The number of aromatic nitrogens is 2. The molecule has 0 saturated heterocycles. The molecule has 0 aliphatic heterocycles. The molecule has 26 heavy (non-hydrogen) atoms. The number of primary amides is 1. The zero-order valence-corrected chi connectivity index (χ0v) is 15.3. The molecule has 2 fully saturated rings. The van der Waals surface area contributed by atoms with E-state index in [-0.39, 0.29) is 17.6 Å². The number of rotatable bonds is 7. The van der Waals surface area contributed by atoms with Crippen LogP contribution in [0.3, 0.4) is 0 Å². The van der Waals surface area contributed by atoms with Crippen molar-refractivity contribution in [1.29, 1.82) is 0 Å². The number of nitrogens with one attached hydrogen (secondary N) is 2. The molecule has 1 aromatic heterocycles. The summed E-state index contributed by atoms with van der Waals surface area (Å²) in [5, 5.41) is 16.6. The van der Waals surface area contributed by atoms with E-state index in [1.54, 1.807) is 0 Å². The van der Waals surface area contributed by atoms with Crippen LogP contribution in [0, 0.1) is 0 Å². The second-order valence-electron chi connectivity index (χ2n) is 7.14. The van der Waals surface area contributed by atoms with Gasteiger partial charge in [-0.1, -0.05) is 0 Å². The summed E-state index contributed by atoms with van der Waals surface area (Å²) in [6.07, 6.45) is 7.93. The van der Waals surface area contributed by atoms with Crippen LogP contribution in [0.2, 0.25) is 0 Å². The zero-order chi connectivity index (χ0) is 18.5. The van der Waals surface area contributed by atoms with E-state index in [1.807, 2.05) is 6.92 Å². The molecule has 2 aliphatic carbocycles. The van der Waals surface area contributed by atoms with Crippen LogP contribution < -0.4 is 16.4 Å². The van der Waals surface area contributed by atoms with E-state index in [1.165, 1.54) is 6.20 Å². The molecule has 3 rings (SSSR count). The van der Waals surface area contributed by atoms with Crippen molar-refractivity contribution >= 4 is 17.7 Å². The Morgan fingerprint density at radius 2 is 2.04 bits per heavy atom. The SMILES string of the molecule is CCOC1CCC(Nc2ncc(C(N)=O)c(N[C@@H]3CCC[C@@H]3O)n2)CC1. The molecule has 0 unspecified atom stereocenters. The van der Waals surface area contributed by atoms with Crippen molar-refractivity contribution in [2.75, 3.05) is 17.2 Å². The van der Waals surface area contributed by atoms with Gasteiger partial charge in [0.05, 0.1) is 23.8 Å². The molecule has 2 saturated carbocycles. The minimum atomic E-state index is -0.580. The largest absolute Gasteiger partial charge is 0.391 e. The molecule has 0 radical (unpaired) electrons. The van der Waals surface area contributed by atoms with Crippen molar-refractivity contribution in [2.45, 2.75) is 76.2 Å². The Balaban J connectivity index is 1.66. The summed E-state index contributed by atoms with van der Waals surface area (Å²) in [5.41, 5.74) is 5.69. The molecular formula is C18H29N5O3. The van der Waals surface area contributed by atoms with Crippen molar-refractivity contribution < 1.29 is 14.6 Å². The fraction of sp³-hybridized carbons (Fsp3) is 0.722. The van der Waals surface area contributed by atoms with E-state index in [0.29, 0.717) is 17.9 Å². The number of hydrogen-bond acceptors (Lipinski definition) is 7. The van der Waals surface area contributed by atoms with E-state index in [9.17, 15) is 9.90 Å². The fourth-order valence-electron chi connectivity index (χ4n) is 3.82. The predicted molar refractivity (Wildman–Crippen MR) is 99.1 cm³/mol. The molecule has 144 valence electrons. The van der Waals surface area contributed by atoms with E-state index in [4.69, 9.17) is 10.5 Å². The lowest BCUT2D eigenvalue weighted by atomic mass is 9.93. The number of aliphatic hydroxyl groups excluding tert-OH is 1. The molecule has 1 heterocycles. The summed E-state index contributed by atoms with van der Waals surface area (Å²) in [6.45, 7) is 2.77. The zero-order valence-electron chi connectivity index (χ0n) is 15.3. The van der Waals surface area contributed by atoms with Crippen molar-refractivity contribution in [3.05, 3.63) is 11.8 Å². The highest BCUT2D eigenvalue weighted by Gasteiger charge is 2.27. The highest BCUT2D eigenvalue weighted by atomic mass is 16.5. The summed E-state index contributed by atoms with van der Waals surface area (Å²) in [4.78, 5) is 20.4. The number of nitrogens with zero attached hydrogens (tertiary/aromatic N) is 2. The van der Waals surface area contributed by atoms with Gasteiger partial charge in [0.2, 0.25) is 5.95 Å².